The van der Waals surface area contributed by atoms with Gasteiger partial charge in [-0.2, -0.15) is 8.42 Å². The molecular weight excluding hydrogens is 907 g/mol. The Morgan fingerprint density at radius 2 is 0.900 bits per heavy atom. The fourth-order valence-corrected chi connectivity index (χ4v) is 10.3. The third-order valence-electron chi connectivity index (χ3n) is 14.3. The normalized spacial score (nSPS) is 19.6. The number of allylic oxidation sites excluding steroid dienone is 1. The fourth-order valence-electron chi connectivity index (χ4n) is 9.75. The van der Waals surface area contributed by atoms with E-state index >= 15 is 0 Å². The van der Waals surface area contributed by atoms with E-state index in [4.69, 9.17) is 9.47 Å². The molecule has 70 heavy (non-hydrogen) atoms. The van der Waals surface area contributed by atoms with Crippen molar-refractivity contribution in [3.8, 4) is 0 Å². The van der Waals surface area contributed by atoms with Crippen molar-refractivity contribution in [3.05, 3.63) is 12.2 Å². The van der Waals surface area contributed by atoms with Gasteiger partial charge in [0.15, 0.2) is 6.29 Å². The Labute approximate surface area is 430 Å². The number of aliphatic hydroxyl groups excluding tert-OH is 4. The highest BCUT2D eigenvalue weighted by Crippen LogP contribution is 2.26. The molecule has 0 aliphatic carbocycles. The summed E-state index contributed by atoms with van der Waals surface area (Å²) >= 11 is 0. The van der Waals surface area contributed by atoms with Crippen molar-refractivity contribution in [2.45, 2.75) is 333 Å². The van der Waals surface area contributed by atoms with E-state index in [1.807, 2.05) is 6.08 Å². The lowest BCUT2D eigenvalue weighted by Crippen LogP contribution is -2.61. The quantitative estimate of drug-likeness (QED) is 0.0193. The first-order valence-corrected chi connectivity index (χ1v) is 30.9. The molecule has 7 unspecified atom stereocenters. The number of hydrogen-bond acceptors (Lipinski definition) is 10. The summed E-state index contributed by atoms with van der Waals surface area (Å²) in [5, 5.41) is 44.9. The first-order valence-electron chi connectivity index (χ1n) is 29.6. The van der Waals surface area contributed by atoms with Crippen LogP contribution in [0.3, 0.4) is 0 Å². The highest BCUT2D eigenvalue weighted by Gasteiger charge is 2.48. The Balaban J connectivity index is 2.24. The molecule has 13 heteroatoms. The summed E-state index contributed by atoms with van der Waals surface area (Å²) in [6.45, 7) is 3.42. The van der Waals surface area contributed by atoms with Crippen LogP contribution >= 0.6 is 0 Å². The Morgan fingerprint density at radius 1 is 0.557 bits per heavy atom. The lowest BCUT2D eigenvalue weighted by Gasteiger charge is -2.41. The summed E-state index contributed by atoms with van der Waals surface area (Å²) in [4.78, 5) is 13.1. The van der Waals surface area contributed by atoms with Crippen LogP contribution in [0.15, 0.2) is 12.2 Å². The minimum absolute atomic E-state index is 0.256. The van der Waals surface area contributed by atoms with Gasteiger partial charge in [-0.25, -0.2) is 4.18 Å². The van der Waals surface area contributed by atoms with E-state index in [-0.39, 0.29) is 18.9 Å². The second-order valence-electron chi connectivity index (χ2n) is 20.9. The number of amides is 1. The van der Waals surface area contributed by atoms with Crippen LogP contribution in [0.1, 0.15) is 290 Å². The SMILES string of the molecule is CCCCCCCCCCCCC/C=C/C(O)C(COC1OC(CO)C(O)C(OS(=O)(=O)O)C1O)NC(=O)CCCCCCCCCCCCCCCCCCCCCCCCCCCCCCCC. The van der Waals surface area contributed by atoms with Crippen molar-refractivity contribution in [2.24, 2.45) is 0 Å². The zero-order valence-corrected chi connectivity index (χ0v) is 45.9. The van der Waals surface area contributed by atoms with Crippen molar-refractivity contribution < 1.29 is 51.8 Å². The van der Waals surface area contributed by atoms with Gasteiger partial charge in [-0.05, 0) is 19.3 Å². The summed E-state index contributed by atoms with van der Waals surface area (Å²) in [6, 6.07) is -0.939. The summed E-state index contributed by atoms with van der Waals surface area (Å²) in [5.74, 6) is -0.256. The van der Waals surface area contributed by atoms with Crippen molar-refractivity contribution in [1.29, 1.82) is 0 Å². The maximum atomic E-state index is 13.1. The Bertz CT molecular complexity index is 1290. The summed E-state index contributed by atoms with van der Waals surface area (Å²) in [7, 11) is -5.08. The van der Waals surface area contributed by atoms with E-state index in [0.717, 1.165) is 38.5 Å². The molecule has 0 bridgehead atoms. The van der Waals surface area contributed by atoms with Crippen molar-refractivity contribution >= 4 is 16.3 Å². The number of unbranched alkanes of at least 4 members (excludes halogenated alkanes) is 40. The van der Waals surface area contributed by atoms with E-state index in [2.05, 4.69) is 23.3 Å². The smallest absolute Gasteiger partial charge is 0.394 e. The van der Waals surface area contributed by atoms with Crippen molar-refractivity contribution in [3.63, 3.8) is 0 Å². The summed E-state index contributed by atoms with van der Waals surface area (Å²) in [5.41, 5.74) is 0. The number of aliphatic hydroxyl groups is 4. The number of ether oxygens (including phenoxy) is 2. The Hall–Kier alpha value is -1.16. The van der Waals surface area contributed by atoms with Gasteiger partial charge in [-0.1, -0.05) is 276 Å². The van der Waals surface area contributed by atoms with Gasteiger partial charge in [-0.3, -0.25) is 9.35 Å². The third kappa shape index (κ3) is 39.3. The van der Waals surface area contributed by atoms with Gasteiger partial charge in [0.1, 0.15) is 24.4 Å². The lowest BCUT2D eigenvalue weighted by molar-refractivity contribution is -0.298. The van der Waals surface area contributed by atoms with E-state index in [1.165, 1.54) is 225 Å². The average molecular weight is 1020 g/mol. The van der Waals surface area contributed by atoms with Crippen LogP contribution < -0.4 is 5.32 Å². The average Bonchev–Trinajstić information content (AvgIpc) is 3.33. The molecule has 0 aromatic heterocycles. The standard InChI is InChI=1S/C57H111NO11S/c1-3-5-7-9-11-13-15-17-18-19-20-21-22-23-24-25-26-27-28-29-30-31-32-33-35-37-39-41-43-45-47-53(61)58-50(51(60)46-44-42-40-38-36-34-16-14-12-10-8-6-4-2)49-67-57-55(63)56(69-70(64,65)66)54(62)52(48-59)68-57/h44,46,50-52,54-57,59-60,62-63H,3-43,45,47-49H2,1-2H3,(H,58,61)(H,64,65,66)/b46-44+. The van der Waals surface area contributed by atoms with Gasteiger partial charge in [0.25, 0.3) is 0 Å². The fraction of sp³-hybridized carbons (Fsp3) is 0.947. The monoisotopic (exact) mass is 1020 g/mol. The molecule has 0 radical (unpaired) electrons. The number of carbonyl (C=O) groups excluding carboxylic acids is 1. The molecule has 12 nitrogen and oxygen atoms in total. The molecule has 6 N–H and O–H groups in total. The third-order valence-corrected chi connectivity index (χ3v) is 14.8. The molecule has 7 atom stereocenters. The van der Waals surface area contributed by atoms with Gasteiger partial charge < -0.3 is 35.2 Å². The van der Waals surface area contributed by atoms with Gasteiger partial charge in [-0.15, -0.1) is 0 Å². The molecule has 416 valence electrons. The van der Waals surface area contributed by atoms with Crippen LogP contribution in [0.5, 0.6) is 0 Å². The van der Waals surface area contributed by atoms with Crippen molar-refractivity contribution in [2.75, 3.05) is 13.2 Å². The molecule has 1 rings (SSSR count). The van der Waals surface area contributed by atoms with Gasteiger partial charge in [0, 0.05) is 6.42 Å². The Kier molecular flexibility index (Phi) is 45.4. The van der Waals surface area contributed by atoms with E-state index in [9.17, 15) is 38.2 Å². The minimum atomic E-state index is -5.08. The first-order chi connectivity index (χ1) is 34.0. The van der Waals surface area contributed by atoms with Gasteiger partial charge in [0.2, 0.25) is 5.91 Å². The molecule has 0 spiro atoms. The molecule has 1 aliphatic rings. The van der Waals surface area contributed by atoms with Crippen LogP contribution in [0.2, 0.25) is 0 Å². The van der Waals surface area contributed by atoms with Crippen molar-refractivity contribution in [1.82, 2.24) is 5.32 Å². The summed E-state index contributed by atoms with van der Waals surface area (Å²) < 4.78 is 47.8. The maximum absolute atomic E-state index is 13.1. The number of rotatable bonds is 52. The first kappa shape index (κ1) is 66.9. The zero-order valence-electron chi connectivity index (χ0n) is 45.1. The van der Waals surface area contributed by atoms with E-state index in [1.54, 1.807) is 6.08 Å². The van der Waals surface area contributed by atoms with E-state index in [0.29, 0.717) is 6.42 Å². The predicted octanol–water partition coefficient (Wildman–Crippen LogP) is 13.8. The lowest BCUT2D eigenvalue weighted by atomic mass is 9.99. The number of nitrogens with one attached hydrogen (secondary N) is 1. The number of carbonyl (C=O) groups is 1. The van der Waals surface area contributed by atoms with Gasteiger partial charge in [0.05, 0.1) is 25.4 Å². The zero-order chi connectivity index (χ0) is 51.2. The van der Waals surface area contributed by atoms with E-state index < -0.39 is 59.9 Å². The highest BCUT2D eigenvalue weighted by molar-refractivity contribution is 7.80. The van der Waals surface area contributed by atoms with Crippen LogP contribution in [0, 0.1) is 0 Å². The molecule has 0 aromatic carbocycles. The van der Waals surface area contributed by atoms with Crippen LogP contribution in [-0.2, 0) is 28.9 Å². The second-order valence-corrected chi connectivity index (χ2v) is 22.0. The molecule has 0 saturated carbocycles. The molecular formula is C57H111NO11S. The maximum Gasteiger partial charge on any atom is 0.397 e. The van der Waals surface area contributed by atoms with Crippen LogP contribution in [-0.4, -0.2) is 95.4 Å². The molecule has 1 amide bonds. The largest absolute Gasteiger partial charge is 0.397 e. The van der Waals surface area contributed by atoms with Gasteiger partial charge >= 0.3 is 10.4 Å². The molecule has 0 aromatic rings. The molecule has 1 heterocycles. The molecule has 1 aliphatic heterocycles. The van der Waals surface area contributed by atoms with Crippen LogP contribution in [0.25, 0.3) is 0 Å². The number of hydrogen-bond donors (Lipinski definition) is 6. The highest BCUT2D eigenvalue weighted by atomic mass is 32.3. The van der Waals surface area contributed by atoms with Crippen LogP contribution in [0.4, 0.5) is 0 Å². The minimum Gasteiger partial charge on any atom is -0.394 e. The Morgan fingerprint density at radius 3 is 1.24 bits per heavy atom. The predicted molar refractivity (Wildman–Crippen MR) is 287 cm³/mol. The molecule has 1 fully saturated rings. The second kappa shape index (κ2) is 47.5. The molecule has 1 saturated heterocycles. The topological polar surface area (TPSA) is 192 Å². The summed E-state index contributed by atoms with van der Waals surface area (Å²) in [6.07, 6.45) is 48.5.